The van der Waals surface area contributed by atoms with Gasteiger partial charge in [-0.25, -0.2) is 4.98 Å². The molecule has 0 spiro atoms. The Balaban J connectivity index is 2.45. The van der Waals surface area contributed by atoms with E-state index in [1.165, 1.54) is 5.52 Å². The molecule has 0 aliphatic carbocycles. The van der Waals surface area contributed by atoms with E-state index in [9.17, 15) is 0 Å². The maximum atomic E-state index is 4.51. The molecule has 14 heavy (non-hydrogen) atoms. The first-order valence-electron chi connectivity index (χ1n) is 4.81. The second-order valence-corrected chi connectivity index (χ2v) is 4.13. The molecular weight excluding hydrogens is 240 g/mol. The van der Waals surface area contributed by atoms with Crippen LogP contribution in [-0.2, 0) is 6.54 Å². The standard InChI is InChI=1S/C11H13BrN2/c1-9-13-10-5-2-3-6-11(10)14(9)8-4-7-12/h2-3,5-6H,4,7-8H2,1H3. The highest BCUT2D eigenvalue weighted by Gasteiger charge is 2.04. The summed E-state index contributed by atoms with van der Waals surface area (Å²) in [7, 11) is 0. The highest BCUT2D eigenvalue weighted by atomic mass is 79.9. The van der Waals surface area contributed by atoms with E-state index in [1.54, 1.807) is 0 Å². The van der Waals surface area contributed by atoms with Gasteiger partial charge >= 0.3 is 0 Å². The van der Waals surface area contributed by atoms with Crippen LogP contribution in [0, 0.1) is 6.92 Å². The van der Waals surface area contributed by atoms with Gasteiger partial charge in [-0.15, -0.1) is 0 Å². The molecule has 0 N–H and O–H groups in total. The van der Waals surface area contributed by atoms with Crippen molar-refractivity contribution in [1.29, 1.82) is 0 Å². The van der Waals surface area contributed by atoms with Crippen molar-refractivity contribution in [1.82, 2.24) is 9.55 Å². The summed E-state index contributed by atoms with van der Waals surface area (Å²) in [5.74, 6) is 1.10. The molecule has 0 saturated heterocycles. The van der Waals surface area contributed by atoms with E-state index in [2.05, 4.69) is 50.6 Å². The van der Waals surface area contributed by atoms with Crippen LogP contribution >= 0.6 is 15.9 Å². The van der Waals surface area contributed by atoms with Gasteiger partial charge in [0.05, 0.1) is 11.0 Å². The number of rotatable bonds is 3. The van der Waals surface area contributed by atoms with Gasteiger partial charge in [-0.1, -0.05) is 28.1 Å². The average molecular weight is 253 g/mol. The molecule has 0 bridgehead atoms. The summed E-state index contributed by atoms with van der Waals surface area (Å²) in [4.78, 5) is 4.51. The number of para-hydroxylation sites is 2. The molecule has 1 aromatic carbocycles. The van der Waals surface area contributed by atoms with Gasteiger partial charge in [-0.3, -0.25) is 0 Å². The van der Waals surface area contributed by atoms with Crippen LogP contribution in [0.3, 0.4) is 0 Å². The molecule has 0 aliphatic heterocycles. The second-order valence-electron chi connectivity index (χ2n) is 3.34. The van der Waals surface area contributed by atoms with E-state index in [-0.39, 0.29) is 0 Å². The Morgan fingerprint density at radius 1 is 1.36 bits per heavy atom. The van der Waals surface area contributed by atoms with Crippen molar-refractivity contribution in [2.75, 3.05) is 5.33 Å². The number of fused-ring (bicyclic) bond motifs is 1. The summed E-state index contributed by atoms with van der Waals surface area (Å²) in [5, 5.41) is 1.04. The average Bonchev–Trinajstić information content (AvgIpc) is 2.51. The van der Waals surface area contributed by atoms with E-state index in [4.69, 9.17) is 0 Å². The molecule has 74 valence electrons. The lowest BCUT2D eigenvalue weighted by Gasteiger charge is -2.04. The van der Waals surface area contributed by atoms with Crippen molar-refractivity contribution < 1.29 is 0 Å². The molecule has 0 fully saturated rings. The number of nitrogens with zero attached hydrogens (tertiary/aromatic N) is 2. The van der Waals surface area contributed by atoms with Crippen LogP contribution in [0.5, 0.6) is 0 Å². The fourth-order valence-corrected chi connectivity index (χ4v) is 1.95. The molecule has 1 aromatic heterocycles. The number of alkyl halides is 1. The van der Waals surface area contributed by atoms with Crippen LogP contribution in [0.2, 0.25) is 0 Å². The van der Waals surface area contributed by atoms with Gasteiger partial charge in [-0.2, -0.15) is 0 Å². The van der Waals surface area contributed by atoms with Gasteiger partial charge in [0.2, 0.25) is 0 Å². The van der Waals surface area contributed by atoms with Gasteiger partial charge in [0.1, 0.15) is 5.82 Å². The lowest BCUT2D eigenvalue weighted by atomic mass is 10.3. The number of hydrogen-bond acceptors (Lipinski definition) is 1. The quantitative estimate of drug-likeness (QED) is 0.768. The number of imidazole rings is 1. The molecule has 0 atom stereocenters. The van der Waals surface area contributed by atoms with Crippen molar-refractivity contribution >= 4 is 27.0 Å². The Bertz CT molecular complexity index is 434. The van der Waals surface area contributed by atoms with Crippen molar-refractivity contribution in [3.8, 4) is 0 Å². The second kappa shape index (κ2) is 4.13. The SMILES string of the molecule is Cc1nc2ccccc2n1CCCBr. The number of aromatic nitrogens is 2. The zero-order valence-corrected chi connectivity index (χ0v) is 9.79. The molecule has 3 heteroatoms. The van der Waals surface area contributed by atoms with Crippen LogP contribution in [0.15, 0.2) is 24.3 Å². The topological polar surface area (TPSA) is 17.8 Å². The zero-order chi connectivity index (χ0) is 9.97. The maximum absolute atomic E-state index is 4.51. The zero-order valence-electron chi connectivity index (χ0n) is 8.20. The van der Waals surface area contributed by atoms with Crippen LogP contribution in [-0.4, -0.2) is 14.9 Å². The Labute approximate surface area is 92.1 Å². The van der Waals surface area contributed by atoms with E-state index in [1.807, 2.05) is 6.07 Å². The third-order valence-corrected chi connectivity index (χ3v) is 2.92. The van der Waals surface area contributed by atoms with Gasteiger partial charge in [0.25, 0.3) is 0 Å². The van der Waals surface area contributed by atoms with Crippen molar-refractivity contribution in [3.63, 3.8) is 0 Å². The lowest BCUT2D eigenvalue weighted by Crippen LogP contribution is -2.00. The molecule has 1 heterocycles. The highest BCUT2D eigenvalue weighted by Crippen LogP contribution is 2.15. The monoisotopic (exact) mass is 252 g/mol. The molecule has 0 radical (unpaired) electrons. The van der Waals surface area contributed by atoms with Crippen LogP contribution in [0.1, 0.15) is 12.2 Å². The molecule has 2 nitrogen and oxygen atoms in total. The Morgan fingerprint density at radius 2 is 2.14 bits per heavy atom. The number of hydrogen-bond donors (Lipinski definition) is 0. The minimum Gasteiger partial charge on any atom is -0.328 e. The summed E-state index contributed by atoms with van der Waals surface area (Å²) in [6, 6.07) is 8.29. The summed E-state index contributed by atoms with van der Waals surface area (Å²) in [5.41, 5.74) is 2.34. The maximum Gasteiger partial charge on any atom is 0.106 e. The molecule has 0 amide bonds. The number of benzene rings is 1. The van der Waals surface area contributed by atoms with E-state index in [0.717, 1.165) is 29.6 Å². The smallest absolute Gasteiger partial charge is 0.106 e. The summed E-state index contributed by atoms with van der Waals surface area (Å²) < 4.78 is 2.27. The van der Waals surface area contributed by atoms with E-state index < -0.39 is 0 Å². The lowest BCUT2D eigenvalue weighted by molar-refractivity contribution is 0.682. The predicted octanol–water partition coefficient (Wildman–Crippen LogP) is 3.13. The van der Waals surface area contributed by atoms with Crippen LogP contribution < -0.4 is 0 Å². The number of halogens is 1. The minimum absolute atomic E-state index is 1.04. The molecule has 0 aliphatic rings. The normalized spacial score (nSPS) is 11.0. The molecule has 2 rings (SSSR count). The van der Waals surface area contributed by atoms with Gasteiger partial charge in [0, 0.05) is 11.9 Å². The first-order chi connectivity index (χ1) is 6.83. The Morgan fingerprint density at radius 3 is 2.93 bits per heavy atom. The number of aryl methyl sites for hydroxylation is 2. The minimum atomic E-state index is 1.04. The fraction of sp³-hybridized carbons (Fsp3) is 0.364. The molecule has 0 saturated carbocycles. The van der Waals surface area contributed by atoms with Crippen molar-refractivity contribution in [2.45, 2.75) is 19.9 Å². The Hall–Kier alpha value is -0.830. The van der Waals surface area contributed by atoms with E-state index in [0.29, 0.717) is 0 Å². The molecular formula is C11H13BrN2. The molecule has 0 unspecified atom stereocenters. The summed E-state index contributed by atoms with van der Waals surface area (Å²) in [6.07, 6.45) is 1.14. The summed E-state index contributed by atoms with van der Waals surface area (Å²) >= 11 is 3.45. The Kier molecular flexibility index (Phi) is 2.87. The fourth-order valence-electron chi connectivity index (χ4n) is 1.70. The van der Waals surface area contributed by atoms with Crippen molar-refractivity contribution in [3.05, 3.63) is 30.1 Å². The predicted molar refractivity (Wildman–Crippen MR) is 62.9 cm³/mol. The van der Waals surface area contributed by atoms with Crippen LogP contribution in [0.25, 0.3) is 11.0 Å². The van der Waals surface area contributed by atoms with Gasteiger partial charge in [-0.05, 0) is 25.5 Å². The first-order valence-corrected chi connectivity index (χ1v) is 5.93. The molecule has 2 aromatic rings. The van der Waals surface area contributed by atoms with Crippen LogP contribution in [0.4, 0.5) is 0 Å². The summed E-state index contributed by atoms with van der Waals surface area (Å²) in [6.45, 7) is 3.10. The van der Waals surface area contributed by atoms with E-state index >= 15 is 0 Å². The largest absolute Gasteiger partial charge is 0.328 e. The van der Waals surface area contributed by atoms with Crippen molar-refractivity contribution in [2.24, 2.45) is 0 Å². The third-order valence-electron chi connectivity index (χ3n) is 2.36. The van der Waals surface area contributed by atoms with Gasteiger partial charge in [0.15, 0.2) is 0 Å². The highest BCUT2D eigenvalue weighted by molar-refractivity contribution is 9.09. The first kappa shape index (κ1) is 9.71. The van der Waals surface area contributed by atoms with Gasteiger partial charge < -0.3 is 4.57 Å². The third kappa shape index (κ3) is 1.69.